The van der Waals surface area contributed by atoms with E-state index in [0.717, 1.165) is 81.1 Å². The van der Waals surface area contributed by atoms with Gasteiger partial charge in [0.25, 0.3) is 6.71 Å². The lowest BCUT2D eigenvalue weighted by Crippen LogP contribution is -2.61. The third-order valence-corrected chi connectivity index (χ3v) is 13.7. The van der Waals surface area contributed by atoms with Crippen LogP contribution in [0.3, 0.4) is 0 Å². The lowest BCUT2D eigenvalue weighted by Gasteiger charge is -2.42. The fourth-order valence-corrected chi connectivity index (χ4v) is 11.1. The molecule has 0 saturated heterocycles. The van der Waals surface area contributed by atoms with Crippen LogP contribution in [0.15, 0.2) is 168 Å². The van der Waals surface area contributed by atoms with Gasteiger partial charge in [0.2, 0.25) is 0 Å². The van der Waals surface area contributed by atoms with Gasteiger partial charge in [0.15, 0.2) is 0 Å². The summed E-state index contributed by atoms with van der Waals surface area (Å²) in [6.07, 6.45) is 7.47. The third kappa shape index (κ3) is 4.72. The van der Waals surface area contributed by atoms with Gasteiger partial charge in [0.05, 0.1) is 6.61 Å². The monoisotopic (exact) mass is 781 g/mol. The summed E-state index contributed by atoms with van der Waals surface area (Å²) in [6.45, 7) is 0.601. The average Bonchev–Trinajstić information content (AvgIpc) is 3.65. The number of ether oxygens (including phenoxy) is 2. The number of hydrogen-bond donors (Lipinski definition) is 0. The van der Waals surface area contributed by atoms with Gasteiger partial charge in [0, 0.05) is 34.3 Å². The van der Waals surface area contributed by atoms with Gasteiger partial charge in [-0.05, 0) is 156 Å². The first-order valence-corrected chi connectivity index (χ1v) is 21.4. The Labute approximate surface area is 353 Å². The Hall–Kier alpha value is -7.50. The molecule has 4 heterocycles. The van der Waals surface area contributed by atoms with E-state index in [1.807, 2.05) is 0 Å². The van der Waals surface area contributed by atoms with E-state index >= 15 is 0 Å². The van der Waals surface area contributed by atoms with Crippen LogP contribution >= 0.6 is 0 Å². The number of anilines is 3. The Morgan fingerprint density at radius 1 is 0.508 bits per heavy atom. The molecule has 0 amide bonds. The Kier molecular flexibility index (Phi) is 6.84. The molecule has 5 heteroatoms. The molecule has 1 aromatic heterocycles. The number of allylic oxidation sites excluding steroid dienone is 1. The van der Waals surface area contributed by atoms with Gasteiger partial charge in [0.1, 0.15) is 28.4 Å². The zero-order chi connectivity index (χ0) is 39.8. The molecular weight excluding hydrogens is 745 g/mol. The topological polar surface area (TPSA) is 34.8 Å². The number of hydrogen-bond acceptors (Lipinski definition) is 4. The van der Waals surface area contributed by atoms with Crippen LogP contribution < -0.4 is 30.8 Å². The zero-order valence-electron chi connectivity index (χ0n) is 33.2. The molecule has 0 N–H and O–H groups in total. The minimum Gasteiger partial charge on any atom is -0.494 e. The van der Waals surface area contributed by atoms with Gasteiger partial charge in [-0.1, -0.05) is 103 Å². The molecule has 1 aliphatic carbocycles. The fourth-order valence-electron chi connectivity index (χ4n) is 11.1. The highest BCUT2D eigenvalue weighted by atomic mass is 16.5. The van der Waals surface area contributed by atoms with Crippen molar-refractivity contribution in [2.75, 3.05) is 11.5 Å². The summed E-state index contributed by atoms with van der Waals surface area (Å²) in [5, 5.41) is 7.15. The normalized spacial score (nSPS) is 14.4. The summed E-state index contributed by atoms with van der Waals surface area (Å²) in [7, 11) is 0. The van der Waals surface area contributed by atoms with E-state index in [0.29, 0.717) is 6.61 Å². The van der Waals surface area contributed by atoms with Crippen LogP contribution in [0.25, 0.3) is 71.8 Å². The number of para-hydroxylation sites is 1. The van der Waals surface area contributed by atoms with Crippen molar-refractivity contribution in [3.8, 4) is 39.5 Å². The molecule has 0 bridgehead atoms. The van der Waals surface area contributed by atoms with Crippen LogP contribution in [0, 0.1) is 0 Å². The van der Waals surface area contributed by atoms with Crippen LogP contribution in [0.2, 0.25) is 0 Å². The van der Waals surface area contributed by atoms with Crippen molar-refractivity contribution in [1.82, 2.24) is 0 Å². The molecule has 14 rings (SSSR count). The highest BCUT2D eigenvalue weighted by Crippen LogP contribution is 2.50. The molecule has 0 fully saturated rings. The van der Waals surface area contributed by atoms with E-state index in [1.54, 1.807) is 0 Å². The third-order valence-electron chi connectivity index (χ3n) is 13.7. The first kappa shape index (κ1) is 33.3. The van der Waals surface area contributed by atoms with E-state index in [9.17, 15) is 0 Å². The van der Waals surface area contributed by atoms with E-state index in [1.165, 1.54) is 71.3 Å². The molecule has 61 heavy (non-hydrogen) atoms. The van der Waals surface area contributed by atoms with Crippen LogP contribution in [0.5, 0.6) is 17.2 Å². The summed E-state index contributed by atoms with van der Waals surface area (Å²) in [5.74, 6) is 2.79. The molecular formula is C56H36BNO3. The second-order valence-corrected chi connectivity index (χ2v) is 16.9. The number of benzene rings is 9. The molecule has 286 valence electrons. The molecule has 0 spiro atoms. The highest BCUT2D eigenvalue weighted by molar-refractivity contribution is 7.00. The molecule has 3 aliphatic heterocycles. The molecule has 0 saturated carbocycles. The van der Waals surface area contributed by atoms with Crippen LogP contribution in [0.1, 0.15) is 23.1 Å². The Balaban J connectivity index is 1.04. The SMILES string of the molecule is C1=Cc2c(c(-c3cc4c5c(c3)N(c3ccccc3)c3cccc6c3B5c3c(cccc3O4)CCO6)c3ccccc3c2-c2ccc3oc4cc5ccccc5cc4c3c2)CC1. The van der Waals surface area contributed by atoms with Crippen LogP contribution in [-0.2, 0) is 12.8 Å². The Morgan fingerprint density at radius 3 is 2.18 bits per heavy atom. The maximum atomic E-state index is 7.15. The molecule has 4 nitrogen and oxygen atoms in total. The van der Waals surface area contributed by atoms with Crippen LogP contribution in [0.4, 0.5) is 17.1 Å². The van der Waals surface area contributed by atoms with Gasteiger partial charge in [-0.25, -0.2) is 0 Å². The zero-order valence-corrected chi connectivity index (χ0v) is 33.2. The lowest BCUT2D eigenvalue weighted by atomic mass is 9.33. The first-order chi connectivity index (χ1) is 30.2. The second-order valence-electron chi connectivity index (χ2n) is 16.9. The number of fused-ring (bicyclic) bond motifs is 6. The predicted octanol–water partition coefficient (Wildman–Crippen LogP) is 12.5. The number of furan rings is 1. The highest BCUT2D eigenvalue weighted by Gasteiger charge is 2.45. The van der Waals surface area contributed by atoms with Crippen molar-refractivity contribution in [1.29, 1.82) is 0 Å². The van der Waals surface area contributed by atoms with E-state index in [4.69, 9.17) is 13.9 Å². The van der Waals surface area contributed by atoms with Crippen molar-refractivity contribution in [2.45, 2.75) is 19.3 Å². The maximum Gasteiger partial charge on any atom is 0.261 e. The summed E-state index contributed by atoms with van der Waals surface area (Å²) >= 11 is 0. The molecule has 0 unspecified atom stereocenters. The maximum absolute atomic E-state index is 7.15. The second kappa shape index (κ2) is 12.5. The van der Waals surface area contributed by atoms with Crippen molar-refractivity contribution in [3.63, 3.8) is 0 Å². The fraction of sp³-hybridized carbons (Fsp3) is 0.0714. The lowest BCUT2D eigenvalue weighted by molar-refractivity contribution is 0.324. The molecule has 4 aliphatic rings. The largest absolute Gasteiger partial charge is 0.494 e. The summed E-state index contributed by atoms with van der Waals surface area (Å²) < 4.78 is 20.2. The van der Waals surface area contributed by atoms with E-state index in [-0.39, 0.29) is 6.71 Å². The minimum absolute atomic E-state index is 0.0201. The molecule has 0 radical (unpaired) electrons. The summed E-state index contributed by atoms with van der Waals surface area (Å²) in [6, 6.07) is 57.4. The average molecular weight is 782 g/mol. The van der Waals surface area contributed by atoms with Gasteiger partial charge in [-0.15, -0.1) is 0 Å². The molecule has 0 atom stereocenters. The first-order valence-electron chi connectivity index (χ1n) is 21.4. The Morgan fingerprint density at radius 2 is 1.28 bits per heavy atom. The van der Waals surface area contributed by atoms with Crippen molar-refractivity contribution in [2.24, 2.45) is 0 Å². The summed E-state index contributed by atoms with van der Waals surface area (Å²) in [5.41, 5.74) is 17.7. The van der Waals surface area contributed by atoms with E-state index < -0.39 is 0 Å². The van der Waals surface area contributed by atoms with Crippen LogP contribution in [-0.4, -0.2) is 13.3 Å². The smallest absolute Gasteiger partial charge is 0.261 e. The van der Waals surface area contributed by atoms with Crippen molar-refractivity contribution >= 4 is 89.7 Å². The number of rotatable bonds is 3. The molecule has 10 aromatic rings. The van der Waals surface area contributed by atoms with E-state index in [2.05, 4.69) is 175 Å². The minimum atomic E-state index is -0.0201. The number of nitrogens with zero attached hydrogens (tertiary/aromatic N) is 1. The Bertz CT molecular complexity index is 3570. The quantitative estimate of drug-likeness (QED) is 0.167. The van der Waals surface area contributed by atoms with Gasteiger partial charge >= 0.3 is 0 Å². The standard InChI is InChI=1S/C56H36BNO3/c1-2-15-38(16-3-1)58-45-21-11-22-48-55(45)57-54-33(26-27-59-48)14-10-23-49(54)61-51-32-37(30-46(58)56(51)57)53-41-19-8-6-17-39(41)52(40-18-7-9-20-42(40)53)36-24-25-47-43(29-36)44-28-34-12-4-5-13-35(34)31-50(44)60-47/h1-8,10-19,21-25,28-32H,9,20,26-27H2. The molecule has 9 aromatic carbocycles. The van der Waals surface area contributed by atoms with Gasteiger partial charge < -0.3 is 18.8 Å². The predicted molar refractivity (Wildman–Crippen MR) is 252 cm³/mol. The van der Waals surface area contributed by atoms with Gasteiger partial charge in [-0.2, -0.15) is 0 Å². The van der Waals surface area contributed by atoms with Gasteiger partial charge in [-0.3, -0.25) is 0 Å². The van der Waals surface area contributed by atoms with Crippen molar-refractivity contribution in [3.05, 3.63) is 180 Å². The van der Waals surface area contributed by atoms with Crippen molar-refractivity contribution < 1.29 is 13.9 Å². The summed E-state index contributed by atoms with van der Waals surface area (Å²) in [4.78, 5) is 2.44.